The molecule has 0 fully saturated rings. The summed E-state index contributed by atoms with van der Waals surface area (Å²) in [6.45, 7) is 39.4. The Morgan fingerprint density at radius 2 is 1.34 bits per heavy atom. The Morgan fingerprint density at radius 3 is 1.72 bits per heavy atom. The number of amides is 1. The summed E-state index contributed by atoms with van der Waals surface area (Å²) in [5.74, 6) is 0.154. The monoisotopic (exact) mass is 703 g/mol. The molecule has 1 amide bonds. The zero-order chi connectivity index (χ0) is 39.9. The predicted molar refractivity (Wildman–Crippen MR) is 214 cm³/mol. The highest BCUT2D eigenvalue weighted by atomic mass is 19.4. The third-order valence-corrected chi connectivity index (χ3v) is 6.29. The summed E-state index contributed by atoms with van der Waals surface area (Å²) in [4.78, 5) is 24.0. The Bertz CT molecular complexity index is 1240. The minimum atomic E-state index is -4.45. The average Bonchev–Trinajstić information content (AvgIpc) is 3.02. The van der Waals surface area contributed by atoms with Crippen molar-refractivity contribution in [2.24, 2.45) is 0 Å². The molecule has 7 heteroatoms. The van der Waals surface area contributed by atoms with Crippen molar-refractivity contribution in [3.05, 3.63) is 114 Å². The van der Waals surface area contributed by atoms with Crippen LogP contribution in [0.25, 0.3) is 0 Å². The average molecular weight is 703 g/mol. The van der Waals surface area contributed by atoms with E-state index in [2.05, 4.69) is 78.4 Å². The molecule has 0 saturated carbocycles. The fourth-order valence-corrected chi connectivity index (χ4v) is 4.05. The van der Waals surface area contributed by atoms with E-state index in [9.17, 15) is 22.8 Å². The van der Waals surface area contributed by atoms with Gasteiger partial charge in [0.15, 0.2) is 5.78 Å². The number of carbonyl (C=O) groups is 2. The molecule has 0 spiro atoms. The van der Waals surface area contributed by atoms with E-state index >= 15 is 0 Å². The molecule has 1 aromatic carbocycles. The van der Waals surface area contributed by atoms with Crippen LogP contribution in [0.15, 0.2) is 108 Å². The van der Waals surface area contributed by atoms with Crippen LogP contribution in [0.3, 0.4) is 0 Å². The van der Waals surface area contributed by atoms with Crippen LogP contribution in [-0.2, 0) is 16.0 Å². The standard InChI is InChI=1S/C18H20F3NO.C11H18.C8H17NO.C4H8.C2H6/c1-4-15(23)11-8-10-14-9-6-7-12-17(14)22-13(3)16(5-2)18(19,20)21;1-6-10(4)8-11(5)7-9(2)3;1-4-6-9(7-5-2)8(3)10;1-4(2)3;1-2/h4-7,9,12,22H,1-2,8,10-11H2,3H3;7-8H,2,6H2,1,3-5H3;4-7H2,1-3H3;1H2,2-3H3;1-2H3/b16-13-;10-8+,11-7-;;;. The zero-order valence-electron chi connectivity index (χ0n) is 33.5. The first kappa shape index (κ1) is 52.9. The Kier molecular flexibility index (Phi) is 34.2. The molecule has 0 aliphatic rings. The van der Waals surface area contributed by atoms with E-state index in [0.29, 0.717) is 24.9 Å². The van der Waals surface area contributed by atoms with Crippen molar-refractivity contribution >= 4 is 17.4 Å². The van der Waals surface area contributed by atoms with Crippen molar-refractivity contribution < 1.29 is 22.8 Å². The van der Waals surface area contributed by atoms with E-state index in [0.717, 1.165) is 49.6 Å². The van der Waals surface area contributed by atoms with Crippen molar-refractivity contribution in [3.63, 3.8) is 0 Å². The maximum Gasteiger partial charge on any atom is 0.418 e. The highest BCUT2D eigenvalue weighted by molar-refractivity contribution is 5.88. The smallest absolute Gasteiger partial charge is 0.358 e. The third-order valence-electron chi connectivity index (χ3n) is 6.29. The van der Waals surface area contributed by atoms with Crippen molar-refractivity contribution in [3.8, 4) is 0 Å². The second-order valence-electron chi connectivity index (χ2n) is 11.8. The van der Waals surface area contributed by atoms with E-state index < -0.39 is 11.7 Å². The number of rotatable bonds is 15. The van der Waals surface area contributed by atoms with Crippen LogP contribution in [0.2, 0.25) is 0 Å². The van der Waals surface area contributed by atoms with Gasteiger partial charge in [-0.15, -0.1) is 6.58 Å². The molecule has 0 radical (unpaired) electrons. The van der Waals surface area contributed by atoms with E-state index in [4.69, 9.17) is 0 Å². The second kappa shape index (κ2) is 32.3. The Labute approximate surface area is 304 Å². The molecule has 0 aliphatic heterocycles. The number of ketones is 1. The number of halogens is 3. The fraction of sp³-hybridized carbons (Fsp3) is 0.488. The van der Waals surface area contributed by atoms with Crippen LogP contribution < -0.4 is 5.32 Å². The fourth-order valence-electron chi connectivity index (χ4n) is 4.05. The number of alkyl halides is 3. The summed E-state index contributed by atoms with van der Waals surface area (Å²) in [5, 5.41) is 2.80. The van der Waals surface area contributed by atoms with Gasteiger partial charge in [0.2, 0.25) is 5.91 Å². The molecule has 0 heterocycles. The predicted octanol–water partition coefficient (Wildman–Crippen LogP) is 13.3. The molecule has 0 aromatic heterocycles. The lowest BCUT2D eigenvalue weighted by atomic mass is 10.0. The molecule has 1 rings (SSSR count). The van der Waals surface area contributed by atoms with Crippen LogP contribution in [0, 0.1) is 0 Å². The van der Waals surface area contributed by atoms with Gasteiger partial charge in [0.1, 0.15) is 0 Å². The minimum Gasteiger partial charge on any atom is -0.358 e. The molecule has 0 saturated heterocycles. The lowest BCUT2D eigenvalue weighted by molar-refractivity contribution is -0.128. The molecule has 0 unspecified atom stereocenters. The molecule has 1 aromatic rings. The van der Waals surface area contributed by atoms with E-state index in [1.54, 1.807) is 19.1 Å². The highest BCUT2D eigenvalue weighted by Gasteiger charge is 2.33. The SMILES string of the molecule is C=C(C)/C=C(C)\C=C(/C)CC.C=C(C)C.C=CC(=O)CCCc1ccccc1N/C(C)=C(/C=C)C(F)(F)F.CC.CCCN(CCC)C(C)=O. The summed E-state index contributed by atoms with van der Waals surface area (Å²) in [6.07, 6.45) is 6.72. The van der Waals surface area contributed by atoms with Gasteiger partial charge in [-0.2, -0.15) is 13.2 Å². The number of nitrogens with zero attached hydrogens (tertiary/aromatic N) is 1. The second-order valence-corrected chi connectivity index (χ2v) is 11.8. The molecule has 0 aliphatic carbocycles. The largest absolute Gasteiger partial charge is 0.418 e. The first-order valence-corrected chi connectivity index (χ1v) is 17.6. The third kappa shape index (κ3) is 31.4. The summed E-state index contributed by atoms with van der Waals surface area (Å²) in [5.41, 5.74) is 5.63. The van der Waals surface area contributed by atoms with Gasteiger partial charge >= 0.3 is 6.18 Å². The Balaban J connectivity index is -0.000000326. The Hall–Kier alpha value is -3.87. The Morgan fingerprint density at radius 1 is 0.840 bits per heavy atom. The van der Waals surface area contributed by atoms with Gasteiger partial charge in [-0.25, -0.2) is 0 Å². The summed E-state index contributed by atoms with van der Waals surface area (Å²) < 4.78 is 38.7. The lowest BCUT2D eigenvalue weighted by Crippen LogP contribution is -2.29. The summed E-state index contributed by atoms with van der Waals surface area (Å²) in [7, 11) is 0. The highest BCUT2D eigenvalue weighted by Crippen LogP contribution is 2.30. The number of carbonyl (C=O) groups excluding carboxylic acids is 2. The maximum absolute atomic E-state index is 12.9. The van der Waals surface area contributed by atoms with Crippen LogP contribution in [0.1, 0.15) is 121 Å². The molecule has 50 heavy (non-hydrogen) atoms. The molecular weight excluding hydrogens is 633 g/mol. The number of hydrogen-bond acceptors (Lipinski definition) is 3. The minimum absolute atomic E-state index is 0.0119. The number of anilines is 1. The van der Waals surface area contributed by atoms with Crippen molar-refractivity contribution in [2.45, 2.75) is 128 Å². The molecule has 1 N–H and O–H groups in total. The first-order chi connectivity index (χ1) is 23.3. The van der Waals surface area contributed by atoms with Crippen LogP contribution in [-0.4, -0.2) is 35.9 Å². The van der Waals surface area contributed by atoms with Gasteiger partial charge in [-0.1, -0.05) is 113 Å². The van der Waals surface area contributed by atoms with Crippen LogP contribution >= 0.6 is 0 Å². The van der Waals surface area contributed by atoms with Gasteiger partial charge in [0, 0.05) is 37.8 Å². The van der Waals surface area contributed by atoms with E-state index in [-0.39, 0.29) is 17.4 Å². The molecule has 0 bridgehead atoms. The number of para-hydroxylation sites is 1. The van der Waals surface area contributed by atoms with Gasteiger partial charge in [0.25, 0.3) is 0 Å². The molecular formula is C43H69F3N2O2. The van der Waals surface area contributed by atoms with Crippen LogP contribution in [0.4, 0.5) is 18.9 Å². The molecule has 0 atom stereocenters. The maximum atomic E-state index is 12.9. The summed E-state index contributed by atoms with van der Waals surface area (Å²) in [6, 6.07) is 7.10. The molecule has 4 nitrogen and oxygen atoms in total. The van der Waals surface area contributed by atoms with Gasteiger partial charge in [-0.3, -0.25) is 9.59 Å². The lowest BCUT2D eigenvalue weighted by Gasteiger charge is -2.18. The van der Waals surface area contributed by atoms with Crippen molar-refractivity contribution in [2.75, 3.05) is 18.4 Å². The van der Waals surface area contributed by atoms with Crippen molar-refractivity contribution in [1.29, 1.82) is 0 Å². The topological polar surface area (TPSA) is 49.4 Å². The zero-order valence-corrected chi connectivity index (χ0v) is 33.5. The molecule has 284 valence electrons. The number of hydrogen-bond donors (Lipinski definition) is 1. The quantitative estimate of drug-likeness (QED) is 0.112. The van der Waals surface area contributed by atoms with E-state index in [1.165, 1.54) is 29.7 Å². The van der Waals surface area contributed by atoms with Gasteiger partial charge in [0.05, 0.1) is 5.57 Å². The number of benzene rings is 1. The first-order valence-electron chi connectivity index (χ1n) is 17.6. The summed E-state index contributed by atoms with van der Waals surface area (Å²) >= 11 is 0. The number of aryl methyl sites for hydroxylation is 1. The normalized spacial score (nSPS) is 11.2. The number of allylic oxidation sites excluding steroid dienone is 10. The van der Waals surface area contributed by atoms with E-state index in [1.807, 2.05) is 51.7 Å². The number of nitrogens with one attached hydrogen (secondary N) is 1. The van der Waals surface area contributed by atoms with Crippen LogP contribution in [0.5, 0.6) is 0 Å². The van der Waals surface area contributed by atoms with Gasteiger partial charge < -0.3 is 10.2 Å². The van der Waals surface area contributed by atoms with Crippen molar-refractivity contribution in [1.82, 2.24) is 4.90 Å². The van der Waals surface area contributed by atoms with Gasteiger partial charge in [-0.05, 0) is 91.4 Å².